The third-order valence-corrected chi connectivity index (χ3v) is 3.05. The summed E-state index contributed by atoms with van der Waals surface area (Å²) in [4.78, 5) is 15.0. The Morgan fingerprint density at radius 3 is 2.60 bits per heavy atom. The van der Waals surface area contributed by atoms with Crippen molar-refractivity contribution >= 4 is 6.29 Å². The Morgan fingerprint density at radius 1 is 1.20 bits per heavy atom. The SMILES string of the molecule is COc1ccc(C=O)cc1OC(C)(C)c1cccnc1. The lowest BCUT2D eigenvalue weighted by molar-refractivity contribution is 0.103. The van der Waals surface area contributed by atoms with Crippen LogP contribution in [0.4, 0.5) is 0 Å². The minimum Gasteiger partial charge on any atom is -0.493 e. The van der Waals surface area contributed by atoms with Gasteiger partial charge in [0.05, 0.1) is 7.11 Å². The van der Waals surface area contributed by atoms with Crippen molar-refractivity contribution in [3.05, 3.63) is 53.9 Å². The molecular formula is C16H17NO3. The minimum absolute atomic E-state index is 0.533. The van der Waals surface area contributed by atoms with Gasteiger partial charge in [-0.3, -0.25) is 9.78 Å². The number of aromatic nitrogens is 1. The smallest absolute Gasteiger partial charge is 0.163 e. The van der Waals surface area contributed by atoms with Gasteiger partial charge in [0.2, 0.25) is 0 Å². The zero-order chi connectivity index (χ0) is 14.6. The van der Waals surface area contributed by atoms with E-state index in [9.17, 15) is 4.79 Å². The van der Waals surface area contributed by atoms with Crippen LogP contribution in [0.25, 0.3) is 0 Å². The van der Waals surface area contributed by atoms with E-state index in [4.69, 9.17) is 9.47 Å². The van der Waals surface area contributed by atoms with Gasteiger partial charge in [0.1, 0.15) is 11.9 Å². The van der Waals surface area contributed by atoms with Crippen molar-refractivity contribution in [1.82, 2.24) is 4.98 Å². The summed E-state index contributed by atoms with van der Waals surface area (Å²) < 4.78 is 11.3. The molecule has 1 aromatic heterocycles. The van der Waals surface area contributed by atoms with Crippen LogP contribution in [0.15, 0.2) is 42.7 Å². The fraction of sp³-hybridized carbons (Fsp3) is 0.250. The van der Waals surface area contributed by atoms with Crippen LogP contribution in [0.2, 0.25) is 0 Å². The van der Waals surface area contributed by atoms with Crippen LogP contribution in [-0.2, 0) is 5.60 Å². The number of pyridine rings is 1. The second-order valence-electron chi connectivity index (χ2n) is 4.88. The number of hydrogen-bond donors (Lipinski definition) is 0. The van der Waals surface area contributed by atoms with Crippen molar-refractivity contribution in [1.29, 1.82) is 0 Å². The first kappa shape index (κ1) is 14.1. The number of rotatable bonds is 5. The van der Waals surface area contributed by atoms with Crippen molar-refractivity contribution < 1.29 is 14.3 Å². The molecule has 0 saturated heterocycles. The Morgan fingerprint density at radius 2 is 2.00 bits per heavy atom. The normalized spacial score (nSPS) is 10.9. The molecule has 4 nitrogen and oxygen atoms in total. The van der Waals surface area contributed by atoms with Crippen LogP contribution < -0.4 is 9.47 Å². The van der Waals surface area contributed by atoms with Gasteiger partial charge in [0.25, 0.3) is 0 Å². The van der Waals surface area contributed by atoms with E-state index in [0.717, 1.165) is 11.8 Å². The van der Waals surface area contributed by atoms with Gasteiger partial charge in [-0.1, -0.05) is 6.07 Å². The van der Waals surface area contributed by atoms with E-state index in [1.807, 2.05) is 26.0 Å². The highest BCUT2D eigenvalue weighted by Gasteiger charge is 2.24. The number of benzene rings is 1. The van der Waals surface area contributed by atoms with Crippen LogP contribution >= 0.6 is 0 Å². The van der Waals surface area contributed by atoms with E-state index in [2.05, 4.69) is 4.98 Å². The summed E-state index contributed by atoms with van der Waals surface area (Å²) in [5.41, 5.74) is 0.907. The molecule has 0 aliphatic carbocycles. The first-order chi connectivity index (χ1) is 9.56. The Balaban J connectivity index is 2.35. The highest BCUT2D eigenvalue weighted by Crippen LogP contribution is 2.34. The summed E-state index contributed by atoms with van der Waals surface area (Å²) in [6.07, 6.45) is 4.26. The highest BCUT2D eigenvalue weighted by atomic mass is 16.5. The van der Waals surface area contributed by atoms with Crippen molar-refractivity contribution in [3.8, 4) is 11.5 Å². The minimum atomic E-state index is -0.580. The summed E-state index contributed by atoms with van der Waals surface area (Å²) in [7, 11) is 1.57. The molecule has 0 bridgehead atoms. The first-order valence-corrected chi connectivity index (χ1v) is 6.29. The molecule has 0 fully saturated rings. The Bertz CT molecular complexity index is 594. The molecule has 2 aromatic rings. The van der Waals surface area contributed by atoms with E-state index >= 15 is 0 Å². The van der Waals surface area contributed by atoms with Gasteiger partial charge < -0.3 is 9.47 Å². The summed E-state index contributed by atoms with van der Waals surface area (Å²) in [6.45, 7) is 3.88. The number of nitrogens with zero attached hydrogens (tertiary/aromatic N) is 1. The Hall–Kier alpha value is -2.36. The van der Waals surface area contributed by atoms with Crippen molar-refractivity contribution in [3.63, 3.8) is 0 Å². The van der Waals surface area contributed by atoms with Crippen LogP contribution in [0.3, 0.4) is 0 Å². The molecule has 0 aliphatic rings. The van der Waals surface area contributed by atoms with E-state index in [0.29, 0.717) is 17.1 Å². The lowest BCUT2D eigenvalue weighted by Crippen LogP contribution is -2.25. The van der Waals surface area contributed by atoms with Gasteiger partial charge in [0.15, 0.2) is 11.5 Å². The standard InChI is InChI=1S/C16H17NO3/c1-16(2,13-5-4-8-17-10-13)20-15-9-12(11-18)6-7-14(15)19-3/h4-11H,1-3H3. The van der Waals surface area contributed by atoms with Crippen LogP contribution in [0.1, 0.15) is 29.8 Å². The maximum atomic E-state index is 10.9. The second kappa shape index (κ2) is 5.74. The Kier molecular flexibility index (Phi) is 4.03. The zero-order valence-electron chi connectivity index (χ0n) is 11.8. The maximum absolute atomic E-state index is 10.9. The lowest BCUT2D eigenvalue weighted by atomic mass is 10.00. The molecule has 4 heteroatoms. The molecule has 0 N–H and O–H groups in total. The Labute approximate surface area is 118 Å². The third-order valence-electron chi connectivity index (χ3n) is 3.05. The monoisotopic (exact) mass is 271 g/mol. The predicted molar refractivity (Wildman–Crippen MR) is 76.3 cm³/mol. The maximum Gasteiger partial charge on any atom is 0.163 e. The topological polar surface area (TPSA) is 48.4 Å². The number of carbonyl (C=O) groups excluding carboxylic acids is 1. The molecule has 1 heterocycles. The number of hydrogen-bond acceptors (Lipinski definition) is 4. The average molecular weight is 271 g/mol. The van der Waals surface area contributed by atoms with Crippen molar-refractivity contribution in [2.24, 2.45) is 0 Å². The lowest BCUT2D eigenvalue weighted by Gasteiger charge is -2.27. The van der Waals surface area contributed by atoms with Crippen LogP contribution in [0, 0.1) is 0 Å². The third kappa shape index (κ3) is 2.96. The zero-order valence-corrected chi connectivity index (χ0v) is 11.8. The molecule has 0 radical (unpaired) electrons. The summed E-state index contributed by atoms with van der Waals surface area (Å²) in [6, 6.07) is 8.89. The highest BCUT2D eigenvalue weighted by molar-refractivity contribution is 5.76. The number of ether oxygens (including phenoxy) is 2. The predicted octanol–water partition coefficient (Wildman–Crippen LogP) is 3.22. The van der Waals surface area contributed by atoms with E-state index in [1.54, 1.807) is 37.7 Å². The molecule has 0 saturated carbocycles. The fourth-order valence-electron chi connectivity index (χ4n) is 1.90. The number of carbonyl (C=O) groups is 1. The van der Waals surface area contributed by atoms with Crippen LogP contribution in [0.5, 0.6) is 11.5 Å². The number of methoxy groups -OCH3 is 1. The van der Waals surface area contributed by atoms with Gasteiger partial charge in [-0.2, -0.15) is 0 Å². The van der Waals surface area contributed by atoms with Gasteiger partial charge in [-0.05, 0) is 38.1 Å². The molecule has 0 spiro atoms. The summed E-state index contributed by atoms with van der Waals surface area (Å²) in [5, 5.41) is 0. The quantitative estimate of drug-likeness (QED) is 0.783. The molecule has 0 aliphatic heterocycles. The average Bonchev–Trinajstić information content (AvgIpc) is 2.47. The van der Waals surface area contributed by atoms with Gasteiger partial charge >= 0.3 is 0 Å². The molecule has 104 valence electrons. The fourth-order valence-corrected chi connectivity index (χ4v) is 1.90. The van der Waals surface area contributed by atoms with Gasteiger partial charge in [-0.15, -0.1) is 0 Å². The molecular weight excluding hydrogens is 254 g/mol. The van der Waals surface area contributed by atoms with Gasteiger partial charge in [-0.25, -0.2) is 0 Å². The van der Waals surface area contributed by atoms with Crippen molar-refractivity contribution in [2.45, 2.75) is 19.4 Å². The molecule has 2 rings (SSSR count). The van der Waals surface area contributed by atoms with E-state index in [1.165, 1.54) is 0 Å². The molecule has 0 unspecified atom stereocenters. The molecule has 0 amide bonds. The second-order valence-corrected chi connectivity index (χ2v) is 4.88. The molecule has 20 heavy (non-hydrogen) atoms. The first-order valence-electron chi connectivity index (χ1n) is 6.29. The molecule has 1 aromatic carbocycles. The van der Waals surface area contributed by atoms with E-state index < -0.39 is 5.60 Å². The van der Waals surface area contributed by atoms with Crippen LogP contribution in [-0.4, -0.2) is 18.4 Å². The van der Waals surface area contributed by atoms with Gasteiger partial charge in [0, 0.05) is 23.5 Å². The summed E-state index contributed by atoms with van der Waals surface area (Å²) >= 11 is 0. The summed E-state index contributed by atoms with van der Waals surface area (Å²) in [5.74, 6) is 1.12. The van der Waals surface area contributed by atoms with E-state index in [-0.39, 0.29) is 0 Å². The largest absolute Gasteiger partial charge is 0.493 e. The number of aldehydes is 1. The molecule has 0 atom stereocenters. The van der Waals surface area contributed by atoms with Crippen molar-refractivity contribution in [2.75, 3.05) is 7.11 Å².